The summed E-state index contributed by atoms with van der Waals surface area (Å²) in [6.45, 7) is 3.16. The Morgan fingerprint density at radius 1 is 1.13 bits per heavy atom. The zero-order valence-corrected chi connectivity index (χ0v) is 17.5. The van der Waals surface area contributed by atoms with Crippen molar-refractivity contribution in [1.29, 1.82) is 0 Å². The smallest absolute Gasteiger partial charge is 0.275 e. The van der Waals surface area contributed by atoms with E-state index in [4.69, 9.17) is 0 Å². The number of sulfonamides is 1. The summed E-state index contributed by atoms with van der Waals surface area (Å²) in [5, 5.41) is 0. The molecule has 0 unspecified atom stereocenters. The molecule has 160 valence electrons. The number of piperidine rings is 1. The highest BCUT2D eigenvalue weighted by molar-refractivity contribution is 7.92. The van der Waals surface area contributed by atoms with Crippen LogP contribution in [0, 0.1) is 11.7 Å². The summed E-state index contributed by atoms with van der Waals surface area (Å²) < 4.78 is 41.3. The number of nitrogens with one attached hydrogen (secondary N) is 1. The number of anilines is 1. The highest BCUT2D eigenvalue weighted by Gasteiger charge is 2.37. The highest BCUT2D eigenvalue weighted by atomic mass is 32.2. The largest absolute Gasteiger partial charge is 0.338 e. The van der Waals surface area contributed by atoms with Gasteiger partial charge in [-0.05, 0) is 55.2 Å². The van der Waals surface area contributed by atoms with E-state index in [9.17, 15) is 22.4 Å². The number of fused-ring (bicyclic) bond motifs is 4. The monoisotopic (exact) mass is 433 g/mol. The molecule has 2 aliphatic rings. The van der Waals surface area contributed by atoms with Gasteiger partial charge in [0.25, 0.3) is 11.5 Å². The molecule has 1 aromatic carbocycles. The first-order valence-corrected chi connectivity index (χ1v) is 11.7. The van der Waals surface area contributed by atoms with Gasteiger partial charge in [-0.2, -0.15) is 0 Å². The van der Waals surface area contributed by atoms with Crippen molar-refractivity contribution >= 4 is 21.6 Å². The SMILES string of the molecule is CCCS(=O)(=O)Nc1ccc2n(c1=O)C[C@@H]1C[C@@H]2CN(C(=O)c2ccc(F)cc2)C1. The van der Waals surface area contributed by atoms with Gasteiger partial charge in [0, 0.05) is 36.8 Å². The number of carbonyl (C=O) groups excluding carboxylic acids is 1. The molecule has 0 radical (unpaired) electrons. The maximum Gasteiger partial charge on any atom is 0.275 e. The van der Waals surface area contributed by atoms with Crippen LogP contribution in [0.4, 0.5) is 10.1 Å². The Morgan fingerprint density at radius 2 is 1.87 bits per heavy atom. The highest BCUT2D eigenvalue weighted by Crippen LogP contribution is 2.36. The molecule has 2 aliphatic heterocycles. The van der Waals surface area contributed by atoms with E-state index >= 15 is 0 Å². The minimum absolute atomic E-state index is 0.00380. The topological polar surface area (TPSA) is 88.5 Å². The fourth-order valence-electron chi connectivity index (χ4n) is 4.45. The summed E-state index contributed by atoms with van der Waals surface area (Å²) in [7, 11) is -3.55. The molecule has 30 heavy (non-hydrogen) atoms. The van der Waals surface area contributed by atoms with Gasteiger partial charge in [0.1, 0.15) is 11.5 Å². The molecule has 2 bridgehead atoms. The number of amides is 1. The molecule has 4 rings (SSSR count). The summed E-state index contributed by atoms with van der Waals surface area (Å²) in [4.78, 5) is 27.5. The van der Waals surface area contributed by atoms with Gasteiger partial charge in [-0.15, -0.1) is 0 Å². The van der Waals surface area contributed by atoms with Crippen molar-refractivity contribution in [3.63, 3.8) is 0 Å². The van der Waals surface area contributed by atoms with E-state index in [-0.39, 0.29) is 40.6 Å². The minimum atomic E-state index is -3.55. The number of halogens is 1. The quantitative estimate of drug-likeness (QED) is 0.784. The van der Waals surface area contributed by atoms with Crippen molar-refractivity contribution in [2.24, 2.45) is 5.92 Å². The molecule has 2 aromatic rings. The van der Waals surface area contributed by atoms with E-state index in [1.807, 2.05) is 0 Å². The molecule has 1 saturated heterocycles. The van der Waals surface area contributed by atoms with E-state index in [1.54, 1.807) is 22.5 Å². The van der Waals surface area contributed by atoms with Gasteiger partial charge in [-0.3, -0.25) is 14.3 Å². The number of hydrogen-bond donors (Lipinski definition) is 1. The van der Waals surface area contributed by atoms with E-state index in [0.717, 1.165) is 12.1 Å². The van der Waals surface area contributed by atoms with Crippen LogP contribution in [0.1, 0.15) is 41.7 Å². The first-order chi connectivity index (χ1) is 14.3. The van der Waals surface area contributed by atoms with Crippen molar-refractivity contribution in [3.8, 4) is 0 Å². The van der Waals surface area contributed by atoms with E-state index in [1.165, 1.54) is 30.3 Å². The molecule has 1 N–H and O–H groups in total. The van der Waals surface area contributed by atoms with Crippen LogP contribution in [-0.2, 0) is 16.6 Å². The summed E-state index contributed by atoms with van der Waals surface area (Å²) in [5.41, 5.74) is 0.965. The maximum absolute atomic E-state index is 13.2. The third-order valence-electron chi connectivity index (χ3n) is 5.72. The Labute approximate surface area is 174 Å². The third-order valence-corrected chi connectivity index (χ3v) is 7.20. The first kappa shape index (κ1) is 20.6. The fraction of sp³-hybridized carbons (Fsp3) is 0.429. The van der Waals surface area contributed by atoms with E-state index in [0.29, 0.717) is 31.6 Å². The molecule has 1 aromatic heterocycles. The van der Waals surface area contributed by atoms with Gasteiger partial charge in [0.05, 0.1) is 5.75 Å². The van der Waals surface area contributed by atoms with Gasteiger partial charge in [0.2, 0.25) is 10.0 Å². The summed E-state index contributed by atoms with van der Waals surface area (Å²) in [6, 6.07) is 8.80. The summed E-state index contributed by atoms with van der Waals surface area (Å²) >= 11 is 0. The van der Waals surface area contributed by atoms with Crippen LogP contribution < -0.4 is 10.3 Å². The Balaban J connectivity index is 1.58. The number of nitrogens with zero attached hydrogens (tertiary/aromatic N) is 2. The van der Waals surface area contributed by atoms with Crippen molar-refractivity contribution in [3.05, 3.63) is 63.8 Å². The predicted molar refractivity (Wildman–Crippen MR) is 112 cm³/mol. The number of hydrogen-bond acceptors (Lipinski definition) is 4. The van der Waals surface area contributed by atoms with Crippen LogP contribution in [-0.4, -0.2) is 42.6 Å². The molecule has 0 spiro atoms. The molecule has 2 atom stereocenters. The van der Waals surface area contributed by atoms with E-state index in [2.05, 4.69) is 4.72 Å². The Hall–Kier alpha value is -2.68. The lowest BCUT2D eigenvalue weighted by Gasteiger charge is -2.43. The Morgan fingerprint density at radius 3 is 2.57 bits per heavy atom. The third kappa shape index (κ3) is 3.98. The number of carbonyl (C=O) groups is 1. The van der Waals surface area contributed by atoms with E-state index < -0.39 is 10.0 Å². The Bertz CT molecular complexity index is 1130. The molecular weight excluding hydrogens is 409 g/mol. The van der Waals surface area contributed by atoms with Crippen LogP contribution >= 0.6 is 0 Å². The molecule has 9 heteroatoms. The number of pyridine rings is 1. The van der Waals surface area contributed by atoms with Crippen LogP contribution in [0.2, 0.25) is 0 Å². The second-order valence-electron chi connectivity index (χ2n) is 8.02. The van der Waals surface area contributed by atoms with Crippen molar-refractivity contribution in [1.82, 2.24) is 9.47 Å². The zero-order chi connectivity index (χ0) is 21.5. The predicted octanol–water partition coefficient (Wildman–Crippen LogP) is 2.40. The lowest BCUT2D eigenvalue weighted by molar-refractivity contribution is 0.0594. The van der Waals surface area contributed by atoms with Gasteiger partial charge >= 0.3 is 0 Å². The van der Waals surface area contributed by atoms with Gasteiger partial charge < -0.3 is 9.47 Å². The number of rotatable bonds is 5. The van der Waals surface area contributed by atoms with Gasteiger partial charge in [0.15, 0.2) is 0 Å². The molecular formula is C21H24FN3O4S. The number of likely N-dealkylation sites (tertiary alicyclic amines) is 1. The maximum atomic E-state index is 13.2. The zero-order valence-electron chi connectivity index (χ0n) is 16.7. The molecule has 0 saturated carbocycles. The lowest BCUT2D eigenvalue weighted by Crippen LogP contribution is -2.49. The second-order valence-corrected chi connectivity index (χ2v) is 9.87. The van der Waals surface area contributed by atoms with Crippen LogP contribution in [0.25, 0.3) is 0 Å². The Kier molecular flexibility index (Phi) is 5.40. The minimum Gasteiger partial charge on any atom is -0.338 e. The average molecular weight is 434 g/mol. The van der Waals surface area contributed by atoms with Crippen LogP contribution in [0.3, 0.4) is 0 Å². The molecule has 3 heterocycles. The van der Waals surface area contributed by atoms with Crippen molar-refractivity contribution in [2.45, 2.75) is 32.2 Å². The standard InChI is InChI=1S/C21H24FN3O4S/c1-2-9-30(28,29)23-18-7-8-19-16-10-14(12-25(19)21(18)27)11-24(13-16)20(26)15-3-5-17(22)6-4-15/h3-8,14,16,23H,2,9-13H2,1H3/t14-,16-/m1/s1. The molecule has 7 nitrogen and oxygen atoms in total. The van der Waals surface area contributed by atoms with Crippen molar-refractivity contribution < 1.29 is 17.6 Å². The second kappa shape index (κ2) is 7.86. The molecule has 1 fully saturated rings. The summed E-state index contributed by atoms with van der Waals surface area (Å²) in [6.07, 6.45) is 1.33. The summed E-state index contributed by atoms with van der Waals surface area (Å²) in [5.74, 6) is -0.484. The fourth-order valence-corrected chi connectivity index (χ4v) is 5.58. The molecule has 1 amide bonds. The first-order valence-electron chi connectivity index (χ1n) is 10.1. The normalized spacial score (nSPS) is 20.5. The average Bonchev–Trinajstić information content (AvgIpc) is 2.70. The molecule has 0 aliphatic carbocycles. The number of aromatic nitrogens is 1. The van der Waals surface area contributed by atoms with Gasteiger partial charge in [-0.1, -0.05) is 6.92 Å². The van der Waals surface area contributed by atoms with Crippen LogP contribution in [0.15, 0.2) is 41.2 Å². The van der Waals surface area contributed by atoms with Crippen LogP contribution in [0.5, 0.6) is 0 Å². The number of benzene rings is 1. The van der Waals surface area contributed by atoms with Gasteiger partial charge in [-0.25, -0.2) is 12.8 Å². The van der Waals surface area contributed by atoms with Crippen molar-refractivity contribution in [2.75, 3.05) is 23.6 Å². The lowest BCUT2D eigenvalue weighted by atomic mass is 9.83.